The van der Waals surface area contributed by atoms with Crippen molar-refractivity contribution in [3.05, 3.63) is 29.3 Å². The van der Waals surface area contributed by atoms with E-state index >= 15 is 0 Å². The summed E-state index contributed by atoms with van der Waals surface area (Å²) in [5, 5.41) is 2.15. The van der Waals surface area contributed by atoms with Crippen LogP contribution in [0.3, 0.4) is 0 Å². The van der Waals surface area contributed by atoms with Crippen molar-refractivity contribution in [2.75, 3.05) is 7.11 Å². The Kier molecular flexibility index (Phi) is 5.90. The summed E-state index contributed by atoms with van der Waals surface area (Å²) in [4.78, 5) is 48.7. The summed E-state index contributed by atoms with van der Waals surface area (Å²) < 4.78 is 5.03. The summed E-state index contributed by atoms with van der Waals surface area (Å²) >= 11 is 0. The van der Waals surface area contributed by atoms with Crippen molar-refractivity contribution in [1.82, 2.24) is 10.2 Å². The molecule has 1 atom stereocenters. The van der Waals surface area contributed by atoms with Gasteiger partial charge in [0.2, 0.25) is 11.8 Å². The molecule has 25 heavy (non-hydrogen) atoms. The molecule has 1 N–H and O–H groups in total. The Bertz CT molecular complexity index is 711. The Morgan fingerprint density at radius 3 is 2.28 bits per heavy atom. The lowest BCUT2D eigenvalue weighted by Gasteiger charge is -2.27. The second-order valence-electron chi connectivity index (χ2n) is 5.86. The van der Waals surface area contributed by atoms with E-state index in [1.165, 1.54) is 32.1 Å². The number of fused-ring (bicyclic) bond motifs is 1. The van der Waals surface area contributed by atoms with Crippen LogP contribution >= 0.6 is 0 Å². The van der Waals surface area contributed by atoms with Gasteiger partial charge in [-0.1, -0.05) is 26.7 Å². The van der Waals surface area contributed by atoms with Gasteiger partial charge in [0.25, 0.3) is 11.8 Å². The third-order valence-corrected chi connectivity index (χ3v) is 4.15. The van der Waals surface area contributed by atoms with Crippen molar-refractivity contribution in [3.8, 4) is 5.75 Å². The number of amides is 4. The molecule has 1 fully saturated rings. The average molecular weight is 346 g/mol. The maximum Gasteiger partial charge on any atom is 0.262 e. The number of piperidine rings is 1. The van der Waals surface area contributed by atoms with Gasteiger partial charge in [-0.15, -0.1) is 0 Å². The molecule has 1 saturated heterocycles. The molecule has 0 radical (unpaired) electrons. The molecule has 1 aromatic carbocycles. The van der Waals surface area contributed by atoms with Gasteiger partial charge in [-0.05, 0) is 24.6 Å². The molecule has 134 valence electrons. The van der Waals surface area contributed by atoms with Crippen LogP contribution in [0, 0.1) is 0 Å². The number of benzene rings is 1. The summed E-state index contributed by atoms with van der Waals surface area (Å²) in [6.45, 7) is 4.36. The first-order chi connectivity index (χ1) is 11.9. The minimum absolute atomic E-state index is 0.104. The molecule has 1 unspecified atom stereocenters. The summed E-state index contributed by atoms with van der Waals surface area (Å²) in [7, 11) is 1.46. The standard InChI is InChI=1S/C14H12N2O5.C4H10/c1-21-7-2-3-8-9(6-7)14(20)16(13(8)19)10-4-5-11(17)15-12(10)18;1-3-4-2/h2-3,6,10H,4-5H2,1H3,(H,15,17,18);3-4H2,1-2H3. The second-order valence-corrected chi connectivity index (χ2v) is 5.86. The number of imide groups is 2. The SMILES string of the molecule is CCCC.COc1ccc2c(c1)C(=O)N(C1CCC(=O)NC1=O)C2=O. The predicted molar refractivity (Wildman–Crippen MR) is 90.2 cm³/mol. The lowest BCUT2D eigenvalue weighted by atomic mass is 10.0. The Balaban J connectivity index is 0.000000511. The Hall–Kier alpha value is -2.70. The van der Waals surface area contributed by atoms with Crippen LogP contribution in [0.15, 0.2) is 18.2 Å². The quantitative estimate of drug-likeness (QED) is 0.844. The van der Waals surface area contributed by atoms with E-state index in [4.69, 9.17) is 4.74 Å². The molecule has 3 rings (SSSR count). The second kappa shape index (κ2) is 7.92. The molecular formula is C18H22N2O5. The van der Waals surface area contributed by atoms with Crippen LogP contribution in [0.2, 0.25) is 0 Å². The first-order valence-electron chi connectivity index (χ1n) is 8.34. The summed E-state index contributed by atoms with van der Waals surface area (Å²) in [5.41, 5.74) is 0.453. The number of nitrogens with zero attached hydrogens (tertiary/aromatic N) is 1. The first kappa shape index (κ1) is 18.6. The van der Waals surface area contributed by atoms with Gasteiger partial charge in [-0.25, -0.2) is 0 Å². The minimum Gasteiger partial charge on any atom is -0.497 e. The van der Waals surface area contributed by atoms with Crippen molar-refractivity contribution >= 4 is 23.6 Å². The highest BCUT2D eigenvalue weighted by molar-refractivity contribution is 6.23. The van der Waals surface area contributed by atoms with Crippen molar-refractivity contribution in [3.63, 3.8) is 0 Å². The minimum atomic E-state index is -0.943. The monoisotopic (exact) mass is 346 g/mol. The highest BCUT2D eigenvalue weighted by Crippen LogP contribution is 2.29. The lowest BCUT2D eigenvalue weighted by Crippen LogP contribution is -2.54. The molecular weight excluding hydrogens is 324 g/mol. The van der Waals surface area contributed by atoms with Gasteiger partial charge in [0.1, 0.15) is 11.8 Å². The molecule has 0 spiro atoms. The largest absolute Gasteiger partial charge is 0.497 e. The Morgan fingerprint density at radius 1 is 1.08 bits per heavy atom. The zero-order chi connectivity index (χ0) is 18.6. The van der Waals surface area contributed by atoms with E-state index in [-0.39, 0.29) is 24.0 Å². The van der Waals surface area contributed by atoms with Crippen LogP contribution in [0.4, 0.5) is 0 Å². The third-order valence-electron chi connectivity index (χ3n) is 4.15. The van der Waals surface area contributed by atoms with Crippen molar-refractivity contribution in [1.29, 1.82) is 0 Å². The number of methoxy groups -OCH3 is 1. The van der Waals surface area contributed by atoms with Crippen LogP contribution in [0.25, 0.3) is 0 Å². The molecule has 0 aliphatic carbocycles. The van der Waals surface area contributed by atoms with Crippen LogP contribution in [0.5, 0.6) is 5.75 Å². The lowest BCUT2D eigenvalue weighted by molar-refractivity contribution is -0.136. The van der Waals surface area contributed by atoms with Crippen LogP contribution in [-0.2, 0) is 9.59 Å². The van der Waals surface area contributed by atoms with Gasteiger partial charge in [0.05, 0.1) is 18.2 Å². The number of hydrogen-bond acceptors (Lipinski definition) is 5. The van der Waals surface area contributed by atoms with E-state index in [9.17, 15) is 19.2 Å². The number of carbonyl (C=O) groups excluding carboxylic acids is 4. The van der Waals surface area contributed by atoms with E-state index in [0.29, 0.717) is 5.75 Å². The van der Waals surface area contributed by atoms with E-state index < -0.39 is 29.7 Å². The molecule has 4 amide bonds. The molecule has 2 heterocycles. The normalized spacial score (nSPS) is 19.2. The van der Waals surface area contributed by atoms with Crippen molar-refractivity contribution in [2.24, 2.45) is 0 Å². The number of nitrogens with one attached hydrogen (secondary N) is 1. The Labute approximate surface area is 146 Å². The predicted octanol–water partition coefficient (Wildman–Crippen LogP) is 1.90. The van der Waals surface area contributed by atoms with Gasteiger partial charge in [-0.2, -0.15) is 0 Å². The topological polar surface area (TPSA) is 92.8 Å². The van der Waals surface area contributed by atoms with E-state index in [1.54, 1.807) is 6.07 Å². The van der Waals surface area contributed by atoms with Gasteiger partial charge in [-0.3, -0.25) is 29.4 Å². The van der Waals surface area contributed by atoms with Crippen LogP contribution in [0.1, 0.15) is 60.2 Å². The fourth-order valence-electron chi connectivity index (χ4n) is 2.58. The summed E-state index contributed by atoms with van der Waals surface area (Å²) in [6, 6.07) is 3.61. The zero-order valence-electron chi connectivity index (χ0n) is 14.6. The van der Waals surface area contributed by atoms with E-state index in [0.717, 1.165) is 4.90 Å². The van der Waals surface area contributed by atoms with Crippen molar-refractivity contribution < 1.29 is 23.9 Å². The fourth-order valence-corrected chi connectivity index (χ4v) is 2.58. The molecule has 7 heteroatoms. The van der Waals surface area contributed by atoms with Gasteiger partial charge < -0.3 is 4.74 Å². The summed E-state index contributed by atoms with van der Waals surface area (Å²) in [6.07, 6.45) is 2.89. The van der Waals surface area contributed by atoms with E-state index in [2.05, 4.69) is 19.2 Å². The maximum atomic E-state index is 12.4. The summed E-state index contributed by atoms with van der Waals surface area (Å²) in [5.74, 6) is -1.61. The number of ether oxygens (including phenoxy) is 1. The molecule has 7 nitrogen and oxygen atoms in total. The Morgan fingerprint density at radius 2 is 1.72 bits per heavy atom. The molecule has 2 aliphatic heterocycles. The third kappa shape index (κ3) is 3.70. The molecule has 1 aromatic rings. The van der Waals surface area contributed by atoms with Crippen LogP contribution in [-0.4, -0.2) is 41.7 Å². The number of unbranched alkanes of at least 4 members (excludes halogenated alkanes) is 1. The smallest absolute Gasteiger partial charge is 0.262 e. The number of hydrogen-bond donors (Lipinski definition) is 1. The van der Waals surface area contributed by atoms with E-state index in [1.807, 2.05) is 0 Å². The van der Waals surface area contributed by atoms with Gasteiger partial charge in [0.15, 0.2) is 0 Å². The fraction of sp³-hybridized carbons (Fsp3) is 0.444. The highest BCUT2D eigenvalue weighted by atomic mass is 16.5. The highest BCUT2D eigenvalue weighted by Gasteiger charge is 2.44. The first-order valence-corrected chi connectivity index (χ1v) is 8.34. The molecule has 0 bridgehead atoms. The molecule has 0 saturated carbocycles. The van der Waals surface area contributed by atoms with Crippen molar-refractivity contribution in [2.45, 2.75) is 45.6 Å². The maximum absolute atomic E-state index is 12.4. The number of carbonyl (C=O) groups is 4. The van der Waals surface area contributed by atoms with Gasteiger partial charge in [0, 0.05) is 6.42 Å². The molecule has 0 aromatic heterocycles. The zero-order valence-corrected chi connectivity index (χ0v) is 14.6. The number of rotatable bonds is 3. The van der Waals surface area contributed by atoms with Crippen LogP contribution < -0.4 is 10.1 Å². The van der Waals surface area contributed by atoms with Gasteiger partial charge >= 0.3 is 0 Å². The average Bonchev–Trinajstić information content (AvgIpc) is 2.86. The molecule has 2 aliphatic rings.